The second-order valence-corrected chi connectivity index (χ2v) is 6.70. The summed E-state index contributed by atoms with van der Waals surface area (Å²) in [6, 6.07) is 15.9. The average molecular weight is 380 g/mol. The normalized spacial score (nSPS) is 10.6. The van der Waals surface area contributed by atoms with E-state index in [4.69, 9.17) is 11.6 Å². The average Bonchev–Trinajstić information content (AvgIpc) is 2.98. The summed E-state index contributed by atoms with van der Waals surface area (Å²) in [5.41, 5.74) is 3.13. The maximum atomic E-state index is 6.01. The minimum absolute atomic E-state index is 0.677. The molecule has 0 radical (unpaired) electrons. The van der Waals surface area contributed by atoms with Gasteiger partial charge >= 0.3 is 0 Å². The van der Waals surface area contributed by atoms with Crippen molar-refractivity contribution in [3.63, 3.8) is 0 Å². The number of halogens is 2. The predicted octanol–water partition coefficient (Wildman–Crippen LogP) is 5.84. The minimum Gasteiger partial charge on any atom is -0.378 e. The molecule has 0 fully saturated rings. The maximum absolute atomic E-state index is 6.01. The summed E-state index contributed by atoms with van der Waals surface area (Å²) in [6.45, 7) is 0.677. The smallest absolute Gasteiger partial charge is 0.112 e. The van der Waals surface area contributed by atoms with Crippen molar-refractivity contribution in [3.8, 4) is 11.3 Å². The Hall–Kier alpha value is -1.36. The molecule has 21 heavy (non-hydrogen) atoms. The van der Waals surface area contributed by atoms with E-state index in [2.05, 4.69) is 43.7 Å². The summed E-state index contributed by atoms with van der Waals surface area (Å²) < 4.78 is 0.992. The molecule has 2 nitrogen and oxygen atoms in total. The monoisotopic (exact) mass is 378 g/mol. The van der Waals surface area contributed by atoms with Crippen LogP contribution >= 0.6 is 38.9 Å². The second-order valence-electron chi connectivity index (χ2n) is 4.47. The zero-order valence-electron chi connectivity index (χ0n) is 11.0. The van der Waals surface area contributed by atoms with Crippen LogP contribution in [0, 0.1) is 0 Å². The predicted molar refractivity (Wildman–Crippen MR) is 94.0 cm³/mol. The highest BCUT2D eigenvalue weighted by molar-refractivity contribution is 9.10. The Morgan fingerprint density at radius 1 is 1.14 bits per heavy atom. The third kappa shape index (κ3) is 3.64. The Morgan fingerprint density at radius 2 is 1.95 bits per heavy atom. The van der Waals surface area contributed by atoms with Crippen LogP contribution in [0.1, 0.15) is 5.01 Å². The Morgan fingerprint density at radius 3 is 2.76 bits per heavy atom. The molecule has 5 heteroatoms. The van der Waals surface area contributed by atoms with Gasteiger partial charge in [-0.1, -0.05) is 41.9 Å². The van der Waals surface area contributed by atoms with Gasteiger partial charge in [-0.15, -0.1) is 11.3 Å². The highest BCUT2D eigenvalue weighted by Crippen LogP contribution is 2.27. The minimum atomic E-state index is 0.677. The fourth-order valence-electron chi connectivity index (χ4n) is 1.94. The zero-order valence-corrected chi connectivity index (χ0v) is 14.2. The lowest BCUT2D eigenvalue weighted by Crippen LogP contribution is -1.99. The van der Waals surface area contributed by atoms with Gasteiger partial charge in [-0.3, -0.25) is 0 Å². The molecule has 0 saturated heterocycles. The highest BCUT2D eigenvalue weighted by atomic mass is 79.9. The van der Waals surface area contributed by atoms with Crippen LogP contribution in [-0.2, 0) is 6.54 Å². The molecule has 106 valence electrons. The Kier molecular flexibility index (Phi) is 4.58. The van der Waals surface area contributed by atoms with E-state index in [1.807, 2.05) is 36.4 Å². The molecule has 0 saturated carbocycles. The van der Waals surface area contributed by atoms with E-state index in [-0.39, 0.29) is 0 Å². The molecule has 2 aromatic carbocycles. The lowest BCUT2D eigenvalue weighted by molar-refractivity contribution is 1.10. The second kappa shape index (κ2) is 6.60. The number of anilines is 1. The van der Waals surface area contributed by atoms with Crippen LogP contribution < -0.4 is 5.32 Å². The number of nitrogens with zero attached hydrogens (tertiary/aromatic N) is 1. The third-order valence-corrected chi connectivity index (χ3v) is 4.76. The van der Waals surface area contributed by atoms with Gasteiger partial charge in [0.05, 0.1) is 17.9 Å². The number of nitrogens with one attached hydrogen (secondary N) is 1. The number of rotatable bonds is 4. The first-order chi connectivity index (χ1) is 10.2. The highest BCUT2D eigenvalue weighted by Gasteiger charge is 2.05. The van der Waals surface area contributed by atoms with Gasteiger partial charge in [0.2, 0.25) is 0 Å². The summed E-state index contributed by atoms with van der Waals surface area (Å²) in [7, 11) is 0. The molecule has 1 heterocycles. The largest absolute Gasteiger partial charge is 0.378 e. The van der Waals surface area contributed by atoms with Crippen molar-refractivity contribution in [2.24, 2.45) is 0 Å². The van der Waals surface area contributed by atoms with Crippen molar-refractivity contribution >= 4 is 44.6 Å². The molecule has 1 N–H and O–H groups in total. The van der Waals surface area contributed by atoms with E-state index >= 15 is 0 Å². The molecule has 0 bridgehead atoms. The van der Waals surface area contributed by atoms with Crippen LogP contribution in [0.3, 0.4) is 0 Å². The summed E-state index contributed by atoms with van der Waals surface area (Å²) in [5, 5.41) is 7.19. The Bertz CT molecular complexity index is 743. The standard InChI is InChI=1S/C16H12BrClN2S/c17-13-7-6-12(18)8-14(13)19-9-16-20-15(10-21-16)11-4-2-1-3-5-11/h1-8,10,19H,9H2. The molecule has 0 spiro atoms. The van der Waals surface area contributed by atoms with Crippen molar-refractivity contribution in [1.29, 1.82) is 0 Å². The molecule has 1 aromatic heterocycles. The van der Waals surface area contributed by atoms with Crippen molar-refractivity contribution in [1.82, 2.24) is 4.98 Å². The van der Waals surface area contributed by atoms with E-state index in [0.29, 0.717) is 11.6 Å². The lowest BCUT2D eigenvalue weighted by atomic mass is 10.2. The van der Waals surface area contributed by atoms with E-state index in [1.54, 1.807) is 11.3 Å². The summed E-state index contributed by atoms with van der Waals surface area (Å²) in [6.07, 6.45) is 0. The molecule has 3 rings (SSSR count). The van der Waals surface area contributed by atoms with Crippen molar-refractivity contribution < 1.29 is 0 Å². The maximum Gasteiger partial charge on any atom is 0.112 e. The van der Waals surface area contributed by atoms with Crippen LogP contribution in [0.2, 0.25) is 5.02 Å². The van der Waals surface area contributed by atoms with Gasteiger partial charge in [-0.25, -0.2) is 4.98 Å². The lowest BCUT2D eigenvalue weighted by Gasteiger charge is -2.07. The number of hydrogen-bond donors (Lipinski definition) is 1. The van der Waals surface area contributed by atoms with E-state index in [1.165, 1.54) is 0 Å². The number of aromatic nitrogens is 1. The first-order valence-electron chi connectivity index (χ1n) is 6.41. The molecule has 0 unspecified atom stereocenters. The van der Waals surface area contributed by atoms with Crippen LogP contribution in [0.25, 0.3) is 11.3 Å². The van der Waals surface area contributed by atoms with Gasteiger partial charge < -0.3 is 5.32 Å². The molecular formula is C16H12BrClN2S. The quantitative estimate of drug-likeness (QED) is 0.616. The fourth-order valence-corrected chi connectivity index (χ4v) is 3.24. The van der Waals surface area contributed by atoms with E-state index < -0.39 is 0 Å². The van der Waals surface area contributed by atoms with Crippen molar-refractivity contribution in [3.05, 3.63) is 68.4 Å². The van der Waals surface area contributed by atoms with Crippen molar-refractivity contribution in [2.75, 3.05) is 5.32 Å². The molecule has 0 amide bonds. The van der Waals surface area contributed by atoms with Gasteiger partial charge in [-0.05, 0) is 34.1 Å². The Labute approximate surface area is 140 Å². The van der Waals surface area contributed by atoms with Crippen LogP contribution in [-0.4, -0.2) is 4.98 Å². The number of hydrogen-bond acceptors (Lipinski definition) is 3. The molecule has 0 aliphatic rings. The van der Waals surface area contributed by atoms with Gasteiger partial charge in [0.15, 0.2) is 0 Å². The SMILES string of the molecule is Clc1ccc(Br)c(NCc2nc(-c3ccccc3)cs2)c1. The molecule has 3 aromatic rings. The first-order valence-corrected chi connectivity index (χ1v) is 8.46. The summed E-state index contributed by atoms with van der Waals surface area (Å²) in [5.74, 6) is 0. The number of benzene rings is 2. The first kappa shape index (κ1) is 14.6. The van der Waals surface area contributed by atoms with Gasteiger partial charge in [0, 0.05) is 20.4 Å². The molecular weight excluding hydrogens is 368 g/mol. The van der Waals surface area contributed by atoms with Crippen molar-refractivity contribution in [2.45, 2.75) is 6.54 Å². The summed E-state index contributed by atoms with van der Waals surface area (Å²) >= 11 is 11.2. The van der Waals surface area contributed by atoms with E-state index in [9.17, 15) is 0 Å². The van der Waals surface area contributed by atoms with Gasteiger partial charge in [0.25, 0.3) is 0 Å². The third-order valence-electron chi connectivity index (χ3n) is 2.98. The molecule has 0 atom stereocenters. The Balaban J connectivity index is 1.72. The topological polar surface area (TPSA) is 24.9 Å². The molecule has 0 aliphatic heterocycles. The van der Waals surface area contributed by atoms with Gasteiger partial charge in [-0.2, -0.15) is 0 Å². The summed E-state index contributed by atoms with van der Waals surface area (Å²) in [4.78, 5) is 4.66. The van der Waals surface area contributed by atoms with Crippen LogP contribution in [0.4, 0.5) is 5.69 Å². The number of thiazole rings is 1. The van der Waals surface area contributed by atoms with E-state index in [0.717, 1.165) is 26.4 Å². The van der Waals surface area contributed by atoms with Crippen LogP contribution in [0.15, 0.2) is 58.4 Å². The fraction of sp³-hybridized carbons (Fsp3) is 0.0625. The molecule has 0 aliphatic carbocycles. The van der Waals surface area contributed by atoms with Gasteiger partial charge in [0.1, 0.15) is 5.01 Å². The van der Waals surface area contributed by atoms with Crippen LogP contribution in [0.5, 0.6) is 0 Å². The zero-order chi connectivity index (χ0) is 14.7.